The van der Waals surface area contributed by atoms with Crippen LogP contribution in [0, 0.1) is 11.3 Å². The molecule has 3 heteroatoms. The van der Waals surface area contributed by atoms with E-state index in [4.69, 9.17) is 10.00 Å². The lowest BCUT2D eigenvalue weighted by Gasteiger charge is -1.99. The molecule has 0 aliphatic rings. The summed E-state index contributed by atoms with van der Waals surface area (Å²) in [6.07, 6.45) is 2.16. The number of nitriles is 1. The van der Waals surface area contributed by atoms with Gasteiger partial charge >= 0.3 is 0 Å². The second-order valence-electron chi connectivity index (χ2n) is 2.28. The van der Waals surface area contributed by atoms with Crippen molar-refractivity contribution in [1.82, 2.24) is 4.98 Å². The van der Waals surface area contributed by atoms with Gasteiger partial charge in [0, 0.05) is 6.20 Å². The Morgan fingerprint density at radius 2 is 2.42 bits per heavy atom. The molecule has 1 aromatic heterocycles. The summed E-state index contributed by atoms with van der Waals surface area (Å²) >= 11 is 0. The van der Waals surface area contributed by atoms with Crippen molar-refractivity contribution in [1.29, 1.82) is 5.26 Å². The Bertz CT molecular complexity index is 253. The zero-order valence-corrected chi connectivity index (χ0v) is 6.73. The lowest BCUT2D eigenvalue weighted by atomic mass is 10.4. The first kappa shape index (κ1) is 8.69. The molecule has 0 radical (unpaired) electrons. The standard InChI is InChI=1S/C9H10N2O/c10-5-3-7-12-8-9-4-1-2-6-11-9/h1-2,4,6H,3,7-8H2. The number of ether oxygens (including phenoxy) is 1. The van der Waals surface area contributed by atoms with Crippen molar-refractivity contribution in [3.8, 4) is 6.07 Å². The molecule has 12 heavy (non-hydrogen) atoms. The summed E-state index contributed by atoms with van der Waals surface area (Å²) < 4.78 is 5.18. The largest absolute Gasteiger partial charge is 0.374 e. The molecule has 1 rings (SSSR count). The topological polar surface area (TPSA) is 45.9 Å². The second kappa shape index (κ2) is 5.28. The van der Waals surface area contributed by atoms with Gasteiger partial charge in [-0.2, -0.15) is 5.26 Å². The van der Waals surface area contributed by atoms with Crippen LogP contribution in [0.4, 0.5) is 0 Å². The van der Waals surface area contributed by atoms with Gasteiger partial charge in [0.25, 0.3) is 0 Å². The molecule has 0 unspecified atom stereocenters. The second-order valence-corrected chi connectivity index (χ2v) is 2.28. The molecule has 62 valence electrons. The van der Waals surface area contributed by atoms with E-state index in [1.807, 2.05) is 24.3 Å². The number of rotatable bonds is 4. The Morgan fingerprint density at radius 1 is 1.50 bits per heavy atom. The van der Waals surface area contributed by atoms with Gasteiger partial charge in [-0.25, -0.2) is 0 Å². The summed E-state index contributed by atoms with van der Waals surface area (Å²) in [6.45, 7) is 0.968. The molecule has 0 bridgehead atoms. The molecule has 3 nitrogen and oxygen atoms in total. The highest BCUT2D eigenvalue weighted by Crippen LogP contribution is 1.95. The van der Waals surface area contributed by atoms with Gasteiger partial charge < -0.3 is 4.74 Å². The first-order chi connectivity index (χ1) is 5.93. The fourth-order valence-electron chi connectivity index (χ4n) is 0.778. The lowest BCUT2D eigenvalue weighted by molar-refractivity contribution is 0.123. The minimum atomic E-state index is 0.437. The fourth-order valence-corrected chi connectivity index (χ4v) is 0.778. The van der Waals surface area contributed by atoms with Crippen molar-refractivity contribution >= 4 is 0 Å². The van der Waals surface area contributed by atoms with E-state index in [-0.39, 0.29) is 0 Å². The van der Waals surface area contributed by atoms with Gasteiger partial charge in [-0.05, 0) is 12.1 Å². The quantitative estimate of drug-likeness (QED) is 0.630. The van der Waals surface area contributed by atoms with Crippen LogP contribution in [-0.4, -0.2) is 11.6 Å². The highest BCUT2D eigenvalue weighted by molar-refractivity contribution is 5.01. The summed E-state index contributed by atoms with van der Waals surface area (Å²) in [6, 6.07) is 7.68. The number of hydrogen-bond acceptors (Lipinski definition) is 3. The molecule has 1 heterocycles. The Balaban J connectivity index is 2.21. The maximum absolute atomic E-state index is 8.22. The predicted octanol–water partition coefficient (Wildman–Crippen LogP) is 1.51. The minimum Gasteiger partial charge on any atom is -0.374 e. The smallest absolute Gasteiger partial charge is 0.0888 e. The van der Waals surface area contributed by atoms with Gasteiger partial charge in [0.2, 0.25) is 0 Å². The Morgan fingerprint density at radius 3 is 3.08 bits per heavy atom. The molecule has 0 fully saturated rings. The van der Waals surface area contributed by atoms with Crippen LogP contribution in [0.25, 0.3) is 0 Å². The van der Waals surface area contributed by atoms with E-state index >= 15 is 0 Å². The maximum Gasteiger partial charge on any atom is 0.0888 e. The molecule has 0 N–H and O–H groups in total. The molecule has 0 aromatic carbocycles. The van der Waals surface area contributed by atoms with E-state index in [1.165, 1.54) is 0 Å². The van der Waals surface area contributed by atoms with Crippen molar-refractivity contribution in [3.63, 3.8) is 0 Å². The summed E-state index contributed by atoms with van der Waals surface area (Å²) in [4.78, 5) is 4.07. The molecule has 0 spiro atoms. The molecule has 0 aliphatic carbocycles. The van der Waals surface area contributed by atoms with Gasteiger partial charge in [0.1, 0.15) is 0 Å². The highest BCUT2D eigenvalue weighted by atomic mass is 16.5. The Kier molecular flexibility index (Phi) is 3.82. The van der Waals surface area contributed by atoms with Crippen molar-refractivity contribution in [3.05, 3.63) is 30.1 Å². The van der Waals surface area contributed by atoms with Crippen LogP contribution >= 0.6 is 0 Å². The first-order valence-corrected chi connectivity index (χ1v) is 3.78. The van der Waals surface area contributed by atoms with E-state index in [0.29, 0.717) is 19.6 Å². The van der Waals surface area contributed by atoms with Gasteiger partial charge in [-0.3, -0.25) is 4.98 Å². The molecular weight excluding hydrogens is 152 g/mol. The van der Waals surface area contributed by atoms with Gasteiger partial charge in [-0.15, -0.1) is 0 Å². The SMILES string of the molecule is N#CCCOCc1ccccn1. The third kappa shape index (κ3) is 3.13. The van der Waals surface area contributed by atoms with Crippen molar-refractivity contribution in [2.75, 3.05) is 6.61 Å². The zero-order valence-electron chi connectivity index (χ0n) is 6.73. The molecule has 0 atom stereocenters. The van der Waals surface area contributed by atoms with Crippen LogP contribution in [0.15, 0.2) is 24.4 Å². The Labute approximate surface area is 71.6 Å². The van der Waals surface area contributed by atoms with Gasteiger partial charge in [-0.1, -0.05) is 6.07 Å². The average Bonchev–Trinajstić information content (AvgIpc) is 2.14. The van der Waals surface area contributed by atoms with Crippen LogP contribution < -0.4 is 0 Å². The average molecular weight is 162 g/mol. The predicted molar refractivity (Wildman–Crippen MR) is 44.1 cm³/mol. The third-order valence-corrected chi connectivity index (χ3v) is 1.33. The van der Waals surface area contributed by atoms with Crippen LogP contribution in [0.2, 0.25) is 0 Å². The third-order valence-electron chi connectivity index (χ3n) is 1.33. The Hall–Kier alpha value is -1.40. The number of hydrogen-bond donors (Lipinski definition) is 0. The van der Waals surface area contributed by atoms with Crippen LogP contribution in [-0.2, 0) is 11.3 Å². The van der Waals surface area contributed by atoms with Gasteiger partial charge in [0.15, 0.2) is 0 Å². The summed E-state index contributed by atoms with van der Waals surface area (Å²) in [5.41, 5.74) is 0.899. The monoisotopic (exact) mass is 162 g/mol. The molecule has 1 aromatic rings. The fraction of sp³-hybridized carbons (Fsp3) is 0.333. The minimum absolute atomic E-state index is 0.437. The van der Waals surface area contributed by atoms with E-state index in [9.17, 15) is 0 Å². The molecule has 0 saturated heterocycles. The van der Waals surface area contributed by atoms with Crippen molar-refractivity contribution < 1.29 is 4.74 Å². The van der Waals surface area contributed by atoms with E-state index in [0.717, 1.165) is 5.69 Å². The normalized spacial score (nSPS) is 9.25. The number of nitrogens with zero attached hydrogens (tertiary/aromatic N) is 2. The lowest BCUT2D eigenvalue weighted by Crippen LogP contribution is -1.95. The maximum atomic E-state index is 8.22. The molecule has 0 saturated carbocycles. The molecular formula is C9H10N2O. The zero-order chi connectivity index (χ0) is 8.65. The molecule has 0 amide bonds. The summed E-state index contributed by atoms with van der Waals surface area (Å²) in [5.74, 6) is 0. The van der Waals surface area contributed by atoms with E-state index in [2.05, 4.69) is 4.98 Å². The summed E-state index contributed by atoms with van der Waals surface area (Å²) in [5, 5.41) is 8.22. The van der Waals surface area contributed by atoms with E-state index < -0.39 is 0 Å². The number of pyridine rings is 1. The van der Waals surface area contributed by atoms with E-state index in [1.54, 1.807) is 6.20 Å². The van der Waals surface area contributed by atoms with Crippen molar-refractivity contribution in [2.24, 2.45) is 0 Å². The number of aromatic nitrogens is 1. The van der Waals surface area contributed by atoms with Crippen LogP contribution in [0.3, 0.4) is 0 Å². The first-order valence-electron chi connectivity index (χ1n) is 3.78. The van der Waals surface area contributed by atoms with Crippen molar-refractivity contribution in [2.45, 2.75) is 13.0 Å². The van der Waals surface area contributed by atoms with Gasteiger partial charge in [0.05, 0.1) is 31.4 Å². The van der Waals surface area contributed by atoms with Crippen LogP contribution in [0.5, 0.6) is 0 Å². The highest BCUT2D eigenvalue weighted by Gasteiger charge is 1.91. The summed E-state index contributed by atoms with van der Waals surface area (Å²) in [7, 11) is 0. The molecule has 0 aliphatic heterocycles. The van der Waals surface area contributed by atoms with Crippen LogP contribution in [0.1, 0.15) is 12.1 Å².